The van der Waals surface area contributed by atoms with Crippen molar-refractivity contribution in [2.75, 3.05) is 27.2 Å². The van der Waals surface area contributed by atoms with E-state index in [2.05, 4.69) is 60.2 Å². The number of ketones is 1. The van der Waals surface area contributed by atoms with E-state index in [1.165, 1.54) is 5.57 Å². The average Bonchev–Trinajstić information content (AvgIpc) is 3.44. The van der Waals surface area contributed by atoms with Crippen LogP contribution in [0.1, 0.15) is 140 Å². The number of carbonyl (C=O) groups is 4. The molecule has 10 nitrogen and oxygen atoms in total. The Morgan fingerprint density at radius 1 is 0.966 bits per heavy atom. The van der Waals surface area contributed by atoms with Gasteiger partial charge in [-0.25, -0.2) is 0 Å². The number of esters is 1. The number of aliphatic hydroxyl groups is 1. The number of amides is 1. The van der Waals surface area contributed by atoms with Gasteiger partial charge in [0.15, 0.2) is 5.78 Å². The predicted molar refractivity (Wildman–Crippen MR) is 234 cm³/mol. The van der Waals surface area contributed by atoms with E-state index in [0.717, 1.165) is 50.5 Å². The molecule has 4 fully saturated rings. The molecule has 1 amide bonds. The molecule has 330 valence electrons. The highest BCUT2D eigenvalue weighted by Crippen LogP contribution is 2.77. The van der Waals surface area contributed by atoms with Crippen LogP contribution in [0.5, 0.6) is 0 Å². The Bertz CT molecular complexity index is 1770. The number of nitrogens with zero attached hydrogens (tertiary/aromatic N) is 3. The summed E-state index contributed by atoms with van der Waals surface area (Å²) in [6.07, 6.45) is 11.8. The number of rotatable bonds is 14. The number of hydrogen-bond donors (Lipinski definition) is 2. The SMILES string of the molecule is C=N/C(=C\C=C/C)[C@@H](C)N(C[C@H](O)[C@@]12CC[C@]3(C)[C@H](CC[C@@H]4[C@@]5(C)CC[C@H](OC(=O)CC(C)(C)C(=O)O)C(C)(C)[C@@H]5CC[C@]43C)C1=C(C(C)C)C(=O)C2)C(=O)CN(C)C. The van der Waals surface area contributed by atoms with Gasteiger partial charge in [0.25, 0.3) is 0 Å². The second kappa shape index (κ2) is 16.6. The number of aliphatic hydroxyl groups excluding tert-OH is 1. The third kappa shape index (κ3) is 7.85. The summed E-state index contributed by atoms with van der Waals surface area (Å²) in [5.41, 5.74) is 0.332. The summed E-state index contributed by atoms with van der Waals surface area (Å²) in [5.74, 6) is -0.537. The lowest BCUT2D eigenvalue weighted by atomic mass is 9.33. The highest BCUT2D eigenvalue weighted by molar-refractivity contribution is 6.01. The van der Waals surface area contributed by atoms with E-state index in [9.17, 15) is 29.4 Å². The Balaban J connectivity index is 1.49. The van der Waals surface area contributed by atoms with Crippen molar-refractivity contribution in [2.45, 2.75) is 159 Å². The molecule has 0 unspecified atom stereocenters. The van der Waals surface area contributed by atoms with E-state index in [-0.39, 0.29) is 77.2 Å². The summed E-state index contributed by atoms with van der Waals surface area (Å²) in [7, 11) is 3.73. The van der Waals surface area contributed by atoms with Gasteiger partial charge >= 0.3 is 11.9 Å². The second-order valence-electron chi connectivity index (χ2n) is 21.8. The van der Waals surface area contributed by atoms with Crippen LogP contribution >= 0.6 is 0 Å². The first kappa shape index (κ1) is 46.9. The van der Waals surface area contributed by atoms with E-state index in [0.29, 0.717) is 24.0 Å². The van der Waals surface area contributed by atoms with Crippen LogP contribution in [0.25, 0.3) is 0 Å². The van der Waals surface area contributed by atoms with Crippen molar-refractivity contribution in [2.24, 2.45) is 61.2 Å². The zero-order chi connectivity index (χ0) is 44.3. The molecule has 0 radical (unpaired) electrons. The van der Waals surface area contributed by atoms with Crippen molar-refractivity contribution >= 4 is 30.3 Å². The fraction of sp³-hybridized carbons (Fsp3) is 0.776. The Kier molecular flexibility index (Phi) is 13.2. The zero-order valence-corrected chi connectivity index (χ0v) is 38.7. The molecule has 5 aliphatic carbocycles. The molecule has 5 aliphatic rings. The van der Waals surface area contributed by atoms with E-state index in [1.54, 1.807) is 18.7 Å². The summed E-state index contributed by atoms with van der Waals surface area (Å²) < 4.78 is 6.19. The molecule has 2 N–H and O–H groups in total. The number of hydrogen-bond acceptors (Lipinski definition) is 8. The van der Waals surface area contributed by atoms with Gasteiger partial charge < -0.3 is 24.7 Å². The van der Waals surface area contributed by atoms with Gasteiger partial charge in [-0.2, -0.15) is 0 Å². The highest BCUT2D eigenvalue weighted by Gasteiger charge is 2.71. The monoisotopic (exact) mass is 820 g/mol. The van der Waals surface area contributed by atoms with Gasteiger partial charge in [-0.15, -0.1) is 0 Å². The highest BCUT2D eigenvalue weighted by atomic mass is 16.5. The summed E-state index contributed by atoms with van der Waals surface area (Å²) in [6.45, 7) is 27.3. The van der Waals surface area contributed by atoms with E-state index >= 15 is 0 Å². The molecule has 4 saturated carbocycles. The van der Waals surface area contributed by atoms with Crippen LogP contribution in [0.3, 0.4) is 0 Å². The van der Waals surface area contributed by atoms with Crippen molar-refractivity contribution in [1.82, 2.24) is 9.80 Å². The van der Waals surface area contributed by atoms with Crippen LogP contribution in [0.4, 0.5) is 0 Å². The molecule has 59 heavy (non-hydrogen) atoms. The van der Waals surface area contributed by atoms with Gasteiger partial charge in [0.1, 0.15) is 6.10 Å². The number of Topliss-reactive ketones (excluding diaryl/α,β-unsaturated/α-hetero) is 1. The summed E-state index contributed by atoms with van der Waals surface area (Å²) in [5, 5.41) is 22.4. The Morgan fingerprint density at radius 3 is 2.20 bits per heavy atom. The van der Waals surface area contributed by atoms with Crippen molar-refractivity contribution < 1.29 is 34.1 Å². The number of aliphatic carboxylic acids is 1. The first-order chi connectivity index (χ1) is 27.3. The smallest absolute Gasteiger partial charge is 0.309 e. The topological polar surface area (TPSA) is 137 Å². The minimum Gasteiger partial charge on any atom is -0.481 e. The van der Waals surface area contributed by atoms with Gasteiger partial charge in [0.2, 0.25) is 5.91 Å². The number of fused-ring (bicyclic) bond motifs is 7. The van der Waals surface area contributed by atoms with Gasteiger partial charge in [-0.05, 0) is 151 Å². The summed E-state index contributed by atoms with van der Waals surface area (Å²) in [4.78, 5) is 61.2. The van der Waals surface area contributed by atoms with Crippen LogP contribution < -0.4 is 0 Å². The predicted octanol–water partition coefficient (Wildman–Crippen LogP) is 8.68. The number of carboxylic acids is 1. The van der Waals surface area contributed by atoms with Crippen molar-refractivity contribution in [1.29, 1.82) is 0 Å². The van der Waals surface area contributed by atoms with E-state index in [4.69, 9.17) is 4.74 Å². The number of carboxylic acid groups (broad SMARTS) is 1. The lowest BCUT2D eigenvalue weighted by Gasteiger charge is -2.72. The van der Waals surface area contributed by atoms with Gasteiger partial charge in [-0.3, -0.25) is 24.2 Å². The normalized spacial score (nSPS) is 35.5. The lowest BCUT2D eigenvalue weighted by Crippen LogP contribution is -2.66. The van der Waals surface area contributed by atoms with Crippen molar-refractivity contribution in [3.05, 3.63) is 35.1 Å². The summed E-state index contributed by atoms with van der Waals surface area (Å²) >= 11 is 0. The maximum atomic E-state index is 14.4. The van der Waals surface area contributed by atoms with Crippen LogP contribution in [-0.2, 0) is 23.9 Å². The van der Waals surface area contributed by atoms with Crippen molar-refractivity contribution in [3.8, 4) is 0 Å². The van der Waals surface area contributed by atoms with Crippen molar-refractivity contribution in [3.63, 3.8) is 0 Å². The zero-order valence-electron chi connectivity index (χ0n) is 38.7. The molecule has 0 aromatic rings. The summed E-state index contributed by atoms with van der Waals surface area (Å²) in [6, 6.07) is -0.435. The Labute approximate surface area is 355 Å². The minimum atomic E-state index is -1.19. The molecule has 10 atom stereocenters. The molecule has 0 spiro atoms. The maximum Gasteiger partial charge on any atom is 0.309 e. The minimum absolute atomic E-state index is 0.00332. The average molecular weight is 820 g/mol. The largest absolute Gasteiger partial charge is 0.481 e. The quantitative estimate of drug-likeness (QED) is 0.101. The third-order valence-electron chi connectivity index (χ3n) is 17.2. The molecular formula is C49H77N3O7. The molecule has 0 bridgehead atoms. The number of allylic oxidation sites excluding steroid dienone is 4. The first-order valence-corrected chi connectivity index (χ1v) is 22.4. The third-order valence-corrected chi connectivity index (χ3v) is 17.2. The molecule has 10 heteroatoms. The molecule has 0 aliphatic heterocycles. The van der Waals surface area contributed by atoms with Crippen LogP contribution in [0.15, 0.2) is 40.1 Å². The lowest BCUT2D eigenvalue weighted by molar-refractivity contribution is -0.235. The van der Waals surface area contributed by atoms with Gasteiger partial charge in [0.05, 0.1) is 36.2 Å². The Morgan fingerprint density at radius 2 is 1.63 bits per heavy atom. The van der Waals surface area contributed by atoms with Crippen LogP contribution in [0, 0.1) is 56.2 Å². The van der Waals surface area contributed by atoms with E-state index in [1.807, 2.05) is 51.1 Å². The number of carbonyl (C=O) groups excluding carboxylic acids is 3. The Hall–Kier alpha value is -3.11. The molecule has 0 heterocycles. The molecule has 0 aromatic heterocycles. The number of ether oxygens (including phenoxy) is 1. The van der Waals surface area contributed by atoms with Crippen LogP contribution in [-0.4, -0.2) is 95.8 Å². The number of aliphatic imine (C=N–C) groups is 1. The first-order valence-electron chi connectivity index (χ1n) is 22.4. The van der Waals surface area contributed by atoms with Gasteiger partial charge in [0, 0.05) is 23.8 Å². The fourth-order valence-electron chi connectivity index (χ4n) is 13.8. The molecule has 0 aromatic carbocycles. The van der Waals surface area contributed by atoms with E-state index < -0.39 is 34.9 Å². The fourth-order valence-corrected chi connectivity index (χ4v) is 13.8. The maximum absolute atomic E-state index is 14.4. The second-order valence-corrected chi connectivity index (χ2v) is 21.8. The molecule has 0 saturated heterocycles. The number of likely N-dealkylation sites (N-methyl/N-ethyl adjacent to an activating group) is 1. The standard InChI is InChI=1S/C49H77N3O7/c1-15-16-17-33(50-12)31(4)52(39(55)29-51(13)14)28-37(54)49-25-24-47(10)32(42(49)41(30(2)3)34(53)26-49)18-19-36-46(9)22-21-38(59-40(56)27-44(5,6)43(57)58)45(7,8)35(46)20-23-48(36,47)11/h15-17,30-32,35-38,54H,12,18-29H2,1-11,13-14H3,(H,57,58)/b16-15-,33-17-/t31-,32-,35+,36-,37+,38+,46+,47-,48-,49+/m1/s1. The van der Waals surface area contributed by atoms with Gasteiger partial charge in [-0.1, -0.05) is 66.2 Å². The molecule has 5 rings (SSSR count). The van der Waals surface area contributed by atoms with Crippen LogP contribution in [0.2, 0.25) is 0 Å². The molecular weight excluding hydrogens is 743 g/mol.